The van der Waals surface area contributed by atoms with Gasteiger partial charge in [0.25, 0.3) is 11.5 Å². The minimum atomic E-state index is -0.375. The van der Waals surface area contributed by atoms with Crippen LogP contribution in [-0.2, 0) is 12.3 Å². The highest BCUT2D eigenvalue weighted by Crippen LogP contribution is 2.27. The van der Waals surface area contributed by atoms with E-state index in [1.54, 1.807) is 43.5 Å². The van der Waals surface area contributed by atoms with Crippen molar-refractivity contribution in [1.82, 2.24) is 30.0 Å². The van der Waals surface area contributed by atoms with Crippen molar-refractivity contribution in [3.63, 3.8) is 0 Å². The third kappa shape index (κ3) is 5.49. The number of hydrogen-bond acceptors (Lipinski definition) is 7. The topological polar surface area (TPSA) is 115 Å². The van der Waals surface area contributed by atoms with Crippen LogP contribution in [0.15, 0.2) is 71.1 Å². The van der Waals surface area contributed by atoms with Gasteiger partial charge in [0, 0.05) is 12.1 Å². The molecule has 0 aliphatic rings. The Morgan fingerprint density at radius 3 is 2.64 bits per heavy atom. The van der Waals surface area contributed by atoms with E-state index < -0.39 is 0 Å². The fraction of sp³-hybridized carbons (Fsp3) is 0.269. The second-order valence-corrected chi connectivity index (χ2v) is 9.42. The number of carbonyl (C=O) groups excluding carboxylic acids is 1. The molecule has 2 heterocycles. The van der Waals surface area contributed by atoms with Gasteiger partial charge in [-0.1, -0.05) is 43.8 Å². The molecular weight excluding hydrogens is 476 g/mol. The summed E-state index contributed by atoms with van der Waals surface area (Å²) in [6.45, 7) is 8.37. The molecule has 0 fully saturated rings. The van der Waals surface area contributed by atoms with E-state index in [0.29, 0.717) is 51.3 Å². The number of aromatic nitrogens is 5. The van der Waals surface area contributed by atoms with E-state index >= 15 is 0 Å². The molecule has 2 aromatic carbocycles. The predicted octanol–water partition coefficient (Wildman–Crippen LogP) is 4.13. The van der Waals surface area contributed by atoms with E-state index in [0.717, 1.165) is 0 Å². The molecule has 0 aliphatic heterocycles. The van der Waals surface area contributed by atoms with E-state index in [9.17, 15) is 9.59 Å². The summed E-state index contributed by atoms with van der Waals surface area (Å²) in [6.07, 6.45) is 1.76. The van der Waals surface area contributed by atoms with Crippen LogP contribution >= 0.6 is 11.8 Å². The Hall–Kier alpha value is -3.92. The van der Waals surface area contributed by atoms with Gasteiger partial charge in [-0.05, 0) is 42.3 Å². The van der Waals surface area contributed by atoms with Crippen LogP contribution < -0.4 is 15.6 Å². The van der Waals surface area contributed by atoms with Crippen molar-refractivity contribution in [2.24, 2.45) is 5.92 Å². The van der Waals surface area contributed by atoms with Crippen molar-refractivity contribution >= 4 is 28.6 Å². The number of nitrogens with one attached hydrogen (secondary N) is 2. The maximum atomic E-state index is 13.0. The second kappa shape index (κ2) is 11.2. The molecule has 0 aliphatic carbocycles. The second-order valence-electron chi connectivity index (χ2n) is 8.48. The van der Waals surface area contributed by atoms with E-state index in [1.165, 1.54) is 11.8 Å². The Morgan fingerprint density at radius 2 is 1.94 bits per heavy atom. The number of aromatic amines is 1. The molecule has 0 spiro atoms. The molecule has 0 bridgehead atoms. The molecule has 186 valence electrons. The molecule has 9 nitrogen and oxygen atoms in total. The molecule has 2 N–H and O–H groups in total. The van der Waals surface area contributed by atoms with Crippen LogP contribution in [0.1, 0.15) is 41.9 Å². The zero-order chi connectivity index (χ0) is 25.7. The number of carbonyl (C=O) groups is 1. The summed E-state index contributed by atoms with van der Waals surface area (Å²) in [5.74, 6) is 2.11. The van der Waals surface area contributed by atoms with Crippen LogP contribution in [0.25, 0.3) is 10.9 Å². The highest BCUT2D eigenvalue weighted by molar-refractivity contribution is 7.98. The number of fused-ring (bicyclic) bond motifs is 1. The number of thioether (sulfide) groups is 1. The number of hydrogen-bond donors (Lipinski definition) is 2. The average Bonchev–Trinajstić information content (AvgIpc) is 3.28. The zero-order valence-electron chi connectivity index (χ0n) is 20.4. The number of ether oxygens (including phenoxy) is 1. The molecule has 2 aromatic heterocycles. The van der Waals surface area contributed by atoms with Gasteiger partial charge in [-0.2, -0.15) is 0 Å². The number of allylic oxidation sites excluding steroid dienone is 1. The third-order valence-electron chi connectivity index (χ3n) is 5.64. The molecule has 0 unspecified atom stereocenters. The quantitative estimate of drug-likeness (QED) is 0.246. The van der Waals surface area contributed by atoms with Crippen molar-refractivity contribution in [3.8, 4) is 5.75 Å². The lowest BCUT2D eigenvalue weighted by Crippen LogP contribution is -2.33. The highest BCUT2D eigenvalue weighted by atomic mass is 32.2. The van der Waals surface area contributed by atoms with Gasteiger partial charge < -0.3 is 19.6 Å². The third-order valence-corrected chi connectivity index (χ3v) is 6.62. The van der Waals surface area contributed by atoms with E-state index in [-0.39, 0.29) is 23.4 Å². The van der Waals surface area contributed by atoms with E-state index in [2.05, 4.69) is 32.1 Å². The number of amides is 1. The number of benzene rings is 2. The van der Waals surface area contributed by atoms with Crippen LogP contribution in [0.2, 0.25) is 0 Å². The van der Waals surface area contributed by atoms with Gasteiger partial charge in [0.1, 0.15) is 11.6 Å². The van der Waals surface area contributed by atoms with Crippen molar-refractivity contribution < 1.29 is 9.53 Å². The zero-order valence-corrected chi connectivity index (χ0v) is 21.2. The summed E-state index contributed by atoms with van der Waals surface area (Å²) >= 11 is 1.41. The fourth-order valence-electron chi connectivity index (χ4n) is 3.77. The summed E-state index contributed by atoms with van der Waals surface area (Å²) in [4.78, 5) is 32.8. The maximum Gasteiger partial charge on any atom is 0.258 e. The lowest BCUT2D eigenvalue weighted by atomic mass is 10.0. The first kappa shape index (κ1) is 25.2. The molecule has 4 rings (SSSR count). The van der Waals surface area contributed by atoms with Crippen LogP contribution in [0.4, 0.5) is 0 Å². The lowest BCUT2D eigenvalue weighted by molar-refractivity contribution is 0.0922. The predicted molar refractivity (Wildman–Crippen MR) is 140 cm³/mol. The van der Waals surface area contributed by atoms with Gasteiger partial charge >= 0.3 is 0 Å². The molecule has 0 radical (unpaired) electrons. The lowest BCUT2D eigenvalue weighted by Gasteiger charge is -2.22. The smallest absolute Gasteiger partial charge is 0.258 e. The normalized spacial score (nSPS) is 12.0. The van der Waals surface area contributed by atoms with Gasteiger partial charge in [0.05, 0.1) is 29.8 Å². The van der Waals surface area contributed by atoms with Gasteiger partial charge in [-0.3, -0.25) is 9.59 Å². The number of nitrogens with zero attached hydrogens (tertiary/aromatic N) is 4. The number of methoxy groups -OCH3 is 1. The molecule has 0 saturated carbocycles. The van der Waals surface area contributed by atoms with Crippen LogP contribution in [0.5, 0.6) is 5.75 Å². The van der Waals surface area contributed by atoms with Gasteiger partial charge in [-0.15, -0.1) is 16.8 Å². The van der Waals surface area contributed by atoms with Gasteiger partial charge in [0.2, 0.25) is 0 Å². The fourth-order valence-corrected chi connectivity index (χ4v) is 4.60. The van der Waals surface area contributed by atoms with Crippen LogP contribution in [0.3, 0.4) is 0 Å². The Labute approximate surface area is 213 Å². The summed E-state index contributed by atoms with van der Waals surface area (Å²) in [5.41, 5.74) is 0.994. The number of rotatable bonds is 10. The molecule has 1 atom stereocenters. The molecule has 1 amide bonds. The number of H-pyrrole nitrogens is 1. The summed E-state index contributed by atoms with van der Waals surface area (Å²) < 4.78 is 7.10. The Bertz CT molecular complexity index is 1430. The largest absolute Gasteiger partial charge is 0.497 e. The summed E-state index contributed by atoms with van der Waals surface area (Å²) in [6, 6.07) is 13.8. The van der Waals surface area contributed by atoms with Crippen molar-refractivity contribution in [2.75, 3.05) is 7.11 Å². The summed E-state index contributed by atoms with van der Waals surface area (Å²) in [7, 11) is 1.58. The maximum absolute atomic E-state index is 13.0. The summed E-state index contributed by atoms with van der Waals surface area (Å²) in [5, 5.41) is 13.1. The van der Waals surface area contributed by atoms with Crippen molar-refractivity contribution in [2.45, 2.75) is 37.3 Å². The highest BCUT2D eigenvalue weighted by Gasteiger charge is 2.26. The minimum absolute atomic E-state index is 0.0522. The van der Waals surface area contributed by atoms with Crippen molar-refractivity contribution in [1.29, 1.82) is 0 Å². The monoisotopic (exact) mass is 504 g/mol. The van der Waals surface area contributed by atoms with Crippen LogP contribution in [-0.4, -0.2) is 37.7 Å². The molecular formula is C26H28N6O3S. The first-order chi connectivity index (χ1) is 17.4. The molecule has 4 aromatic rings. The standard InChI is InChI=1S/C26H28N6O3S/c1-5-14-32-23(22(16(2)3)29-24(33)17-10-12-18(35-4)13-11-17)30-31-26(32)36-15-21-27-20-9-7-6-8-19(20)25(34)28-21/h5-13,16,22H,1,14-15H2,2-4H3,(H,29,33)(H,27,28,34)/t22-/m0/s1. The Kier molecular flexibility index (Phi) is 7.84. The Morgan fingerprint density at radius 1 is 1.19 bits per heavy atom. The molecule has 0 saturated heterocycles. The molecule has 36 heavy (non-hydrogen) atoms. The SMILES string of the molecule is C=CCn1c(SCc2nc3ccccc3c(=O)[nH]2)nnc1[C@@H](NC(=O)c1ccc(OC)cc1)C(C)C. The number of para-hydroxylation sites is 1. The average molecular weight is 505 g/mol. The minimum Gasteiger partial charge on any atom is -0.497 e. The van der Waals surface area contributed by atoms with E-state index in [4.69, 9.17) is 4.74 Å². The molecule has 10 heteroatoms. The van der Waals surface area contributed by atoms with Crippen molar-refractivity contribution in [3.05, 3.63) is 88.8 Å². The first-order valence-electron chi connectivity index (χ1n) is 11.5. The van der Waals surface area contributed by atoms with Gasteiger partial charge in [0.15, 0.2) is 11.0 Å². The van der Waals surface area contributed by atoms with E-state index in [1.807, 2.05) is 36.6 Å². The Balaban J connectivity index is 1.56. The van der Waals surface area contributed by atoms with Crippen LogP contribution in [0, 0.1) is 5.92 Å². The van der Waals surface area contributed by atoms with Gasteiger partial charge in [-0.25, -0.2) is 4.98 Å². The first-order valence-corrected chi connectivity index (χ1v) is 12.5.